The highest BCUT2D eigenvalue weighted by atomic mass is 35.5. The van der Waals surface area contributed by atoms with Crippen LogP contribution in [0.5, 0.6) is 5.75 Å². The highest BCUT2D eigenvalue weighted by Gasteiger charge is 2.60. The van der Waals surface area contributed by atoms with Crippen molar-refractivity contribution < 1.29 is 39.6 Å². The van der Waals surface area contributed by atoms with Crippen molar-refractivity contribution in [3.8, 4) is 5.75 Å². The molecule has 41 heavy (non-hydrogen) atoms. The van der Waals surface area contributed by atoms with Crippen molar-refractivity contribution in [1.29, 1.82) is 0 Å². The van der Waals surface area contributed by atoms with Crippen LogP contribution in [0.3, 0.4) is 0 Å². The lowest BCUT2D eigenvalue weighted by atomic mass is 9.59. The minimum atomic E-state index is -2.65. The number of carbonyl (C=O) groups is 4. The van der Waals surface area contributed by atoms with E-state index in [9.17, 15) is 39.6 Å². The van der Waals surface area contributed by atoms with Crippen molar-refractivity contribution in [3.05, 3.63) is 69.0 Å². The summed E-state index contributed by atoms with van der Waals surface area (Å²) in [4.78, 5) is 50.9. The monoisotopic (exact) mass is 581 g/mol. The Morgan fingerprint density at radius 1 is 1.10 bits per heavy atom. The number of fused-ring (bicyclic) bond motifs is 3. The molecule has 0 unspecified atom stereocenters. The number of urea groups is 1. The van der Waals surface area contributed by atoms with Crippen LogP contribution in [-0.4, -0.2) is 49.5 Å². The number of phenols is 1. The van der Waals surface area contributed by atoms with Crippen molar-refractivity contribution in [3.63, 3.8) is 0 Å². The molecule has 0 spiro atoms. The molecule has 3 atom stereocenters. The average Bonchev–Trinajstić information content (AvgIpc) is 2.87. The molecule has 0 aromatic heterocycles. The van der Waals surface area contributed by atoms with Gasteiger partial charge in [0.05, 0.1) is 11.3 Å². The van der Waals surface area contributed by atoms with Crippen molar-refractivity contribution in [2.75, 3.05) is 10.6 Å². The number of halogens is 1. The van der Waals surface area contributed by atoms with Crippen molar-refractivity contribution in [1.82, 2.24) is 0 Å². The normalized spacial score (nSPS) is 23.6. The number of amides is 3. The largest absolute Gasteiger partial charge is 0.508 e. The predicted octanol–water partition coefficient (Wildman–Crippen LogP) is 3.84. The molecule has 0 aliphatic heterocycles. The molecule has 0 heterocycles. The summed E-state index contributed by atoms with van der Waals surface area (Å²) in [6.45, 7) is 3.77. The number of benzene rings is 2. The number of carbonyl (C=O) groups excluding carboxylic acids is 4. The zero-order valence-corrected chi connectivity index (χ0v) is 22.9. The van der Waals surface area contributed by atoms with Gasteiger partial charge in [-0.05, 0) is 60.1 Å². The van der Waals surface area contributed by atoms with Crippen LogP contribution in [0.25, 0.3) is 5.76 Å². The quantitative estimate of drug-likeness (QED) is 0.208. The maximum Gasteiger partial charge on any atom is 0.323 e. The smallest absolute Gasteiger partial charge is 0.323 e. The zero-order valence-electron chi connectivity index (χ0n) is 22.1. The number of hydrogen-bond acceptors (Lipinski definition) is 8. The van der Waals surface area contributed by atoms with Crippen molar-refractivity contribution in [2.45, 2.75) is 44.6 Å². The van der Waals surface area contributed by atoms with E-state index in [4.69, 9.17) is 17.3 Å². The first-order valence-electron chi connectivity index (χ1n) is 12.9. The van der Waals surface area contributed by atoms with E-state index in [0.717, 1.165) is 0 Å². The fraction of sp³-hybridized carbons (Fsp3) is 0.310. The highest BCUT2D eigenvalue weighted by Crippen LogP contribution is 2.53. The van der Waals surface area contributed by atoms with Crippen LogP contribution >= 0.6 is 11.6 Å². The minimum absolute atomic E-state index is 0.0310. The maximum atomic E-state index is 13.7. The van der Waals surface area contributed by atoms with Gasteiger partial charge in [-0.2, -0.15) is 0 Å². The van der Waals surface area contributed by atoms with Crippen LogP contribution in [0, 0.1) is 11.8 Å². The molecule has 1 saturated carbocycles. The number of aromatic hydroxyl groups is 1. The number of nitrogens with two attached hydrogens (primary N) is 1. The summed E-state index contributed by atoms with van der Waals surface area (Å²) >= 11 is 5.98. The van der Waals surface area contributed by atoms with E-state index in [0.29, 0.717) is 21.8 Å². The van der Waals surface area contributed by atoms with Crippen LogP contribution in [0.15, 0.2) is 47.2 Å². The second-order valence-corrected chi connectivity index (χ2v) is 11.3. The summed E-state index contributed by atoms with van der Waals surface area (Å²) in [6.07, 6.45) is -0.192. The first-order chi connectivity index (χ1) is 19.2. The molecular formula is C29H28ClN3O8. The fourth-order valence-electron chi connectivity index (χ4n) is 6.18. The average molecular weight is 582 g/mol. The summed E-state index contributed by atoms with van der Waals surface area (Å²) in [5.74, 6) is -7.27. The summed E-state index contributed by atoms with van der Waals surface area (Å²) in [6, 6.07) is 7.32. The zero-order chi connectivity index (χ0) is 30.0. The molecular weight excluding hydrogens is 554 g/mol. The van der Waals surface area contributed by atoms with Gasteiger partial charge in [0, 0.05) is 28.6 Å². The Morgan fingerprint density at radius 2 is 1.80 bits per heavy atom. The fourth-order valence-corrected chi connectivity index (χ4v) is 6.37. The van der Waals surface area contributed by atoms with Gasteiger partial charge in [0.1, 0.15) is 22.8 Å². The van der Waals surface area contributed by atoms with Gasteiger partial charge < -0.3 is 36.8 Å². The van der Waals surface area contributed by atoms with E-state index in [1.165, 1.54) is 6.07 Å². The summed E-state index contributed by atoms with van der Waals surface area (Å²) in [5.41, 5.74) is 2.96. The van der Waals surface area contributed by atoms with E-state index in [1.54, 1.807) is 24.3 Å². The Balaban J connectivity index is 1.60. The first-order valence-corrected chi connectivity index (χ1v) is 13.3. The number of aliphatic hydroxyl groups excluding tert-OH is 2. The molecule has 2 aromatic carbocycles. The molecule has 12 heteroatoms. The van der Waals surface area contributed by atoms with Crippen LogP contribution in [0.1, 0.15) is 49.3 Å². The van der Waals surface area contributed by atoms with Gasteiger partial charge in [0.15, 0.2) is 11.4 Å². The number of primary amides is 1. The molecule has 11 nitrogen and oxygen atoms in total. The third-order valence-corrected chi connectivity index (χ3v) is 8.29. The number of hydrogen-bond donors (Lipinski definition) is 7. The lowest BCUT2D eigenvalue weighted by molar-refractivity contribution is -0.147. The third kappa shape index (κ3) is 4.41. The predicted molar refractivity (Wildman–Crippen MR) is 150 cm³/mol. The number of phenolic OH excluding ortho intramolecular Hbond substituents is 1. The Bertz CT molecular complexity index is 1610. The van der Waals surface area contributed by atoms with Gasteiger partial charge in [-0.3, -0.25) is 14.4 Å². The second-order valence-electron chi connectivity index (χ2n) is 10.9. The SMILES string of the molecule is CC(C)c1cc(NC(=O)Nc2cccc(Cl)c2)c(O)c2c1C[C@H]1C[C@H]3CC(=O)C(C(N)=O)=C(O)[C@@]3(O)C(=O)C1=C2O. The number of ketones is 2. The lowest BCUT2D eigenvalue weighted by Crippen LogP contribution is -2.58. The van der Waals surface area contributed by atoms with Crippen LogP contribution < -0.4 is 16.4 Å². The Hall–Kier alpha value is -4.35. The van der Waals surface area contributed by atoms with E-state index in [-0.39, 0.29) is 35.6 Å². The number of rotatable bonds is 4. The molecule has 2 aromatic rings. The van der Waals surface area contributed by atoms with Crippen LogP contribution in [-0.2, 0) is 20.8 Å². The van der Waals surface area contributed by atoms with Gasteiger partial charge in [0.2, 0.25) is 5.78 Å². The van der Waals surface area contributed by atoms with Crippen LogP contribution in [0.2, 0.25) is 5.02 Å². The molecule has 0 bridgehead atoms. The summed E-state index contributed by atoms with van der Waals surface area (Å²) in [5, 5.41) is 50.4. The van der Waals surface area contributed by atoms with Gasteiger partial charge in [-0.1, -0.05) is 31.5 Å². The molecule has 214 valence electrons. The standard InChI is InChI=1S/C29H28ClN3O8/c1-11(2)16-10-18(33-28(40)32-15-5-3-4-14(30)9-15)23(35)21-17(16)7-12-6-13-8-19(34)22(27(31)39)26(38)29(13,41)25(37)20(12)24(21)36/h3-5,9-13,35-36,38,41H,6-8H2,1-2H3,(H2,31,39)(H2,32,33,40)/t12-,13+,29+/m1/s1. The van der Waals surface area contributed by atoms with Gasteiger partial charge in [-0.25, -0.2) is 4.79 Å². The van der Waals surface area contributed by atoms with Gasteiger partial charge in [-0.15, -0.1) is 0 Å². The van der Waals surface area contributed by atoms with Gasteiger partial charge >= 0.3 is 6.03 Å². The van der Waals surface area contributed by atoms with Crippen LogP contribution in [0.4, 0.5) is 16.2 Å². The van der Waals surface area contributed by atoms with Gasteiger partial charge in [0.25, 0.3) is 5.91 Å². The Labute approximate surface area is 239 Å². The van der Waals surface area contributed by atoms with E-state index in [2.05, 4.69) is 10.6 Å². The van der Waals surface area contributed by atoms with Crippen molar-refractivity contribution >= 4 is 52.2 Å². The number of nitrogens with one attached hydrogen (secondary N) is 2. The Morgan fingerprint density at radius 3 is 2.44 bits per heavy atom. The lowest BCUT2D eigenvalue weighted by Gasteiger charge is -2.46. The topological polar surface area (TPSA) is 199 Å². The van der Waals surface area contributed by atoms with E-state index < -0.39 is 70.2 Å². The third-order valence-electron chi connectivity index (χ3n) is 8.05. The highest BCUT2D eigenvalue weighted by molar-refractivity contribution is 6.31. The van der Waals surface area contributed by atoms with E-state index >= 15 is 0 Å². The molecule has 3 amide bonds. The van der Waals surface area contributed by atoms with E-state index in [1.807, 2.05) is 13.8 Å². The number of aliphatic hydroxyl groups is 3. The molecule has 1 fully saturated rings. The maximum absolute atomic E-state index is 13.7. The number of anilines is 2. The molecule has 3 aliphatic rings. The first kappa shape index (κ1) is 28.2. The summed E-state index contributed by atoms with van der Waals surface area (Å²) < 4.78 is 0. The molecule has 0 radical (unpaired) electrons. The summed E-state index contributed by atoms with van der Waals surface area (Å²) in [7, 11) is 0. The minimum Gasteiger partial charge on any atom is -0.508 e. The Kier molecular flexibility index (Phi) is 6.83. The molecule has 3 aliphatic carbocycles. The molecule has 8 N–H and O–H groups in total. The molecule has 0 saturated heterocycles. The number of Topliss-reactive ketones (excluding diaryl/α,β-unsaturated/α-hetero) is 2. The van der Waals surface area contributed by atoms with Crippen molar-refractivity contribution in [2.24, 2.45) is 17.6 Å². The second kappa shape index (κ2) is 9.93. The molecule has 5 rings (SSSR count).